The van der Waals surface area contributed by atoms with Gasteiger partial charge in [0, 0.05) is 40.2 Å². The Bertz CT molecular complexity index is 1620. The molecule has 1 atom stereocenters. The van der Waals surface area contributed by atoms with Crippen LogP contribution >= 0.6 is 11.3 Å². The number of hydrogen-bond acceptors (Lipinski definition) is 8. The van der Waals surface area contributed by atoms with Gasteiger partial charge in [-0.3, -0.25) is 14.7 Å². The Balaban J connectivity index is 1.49. The number of anilines is 2. The molecule has 8 nitrogen and oxygen atoms in total. The minimum absolute atomic E-state index is 0.0105. The summed E-state index contributed by atoms with van der Waals surface area (Å²) >= 11 is 1.46. The molecule has 0 saturated heterocycles. The molecule has 5 rings (SSSR count). The Hall–Kier alpha value is -3.97. The van der Waals surface area contributed by atoms with Crippen LogP contribution in [-0.4, -0.2) is 37.4 Å². The van der Waals surface area contributed by atoms with Crippen LogP contribution in [0.15, 0.2) is 77.0 Å². The first kappa shape index (κ1) is 25.7. The van der Waals surface area contributed by atoms with Gasteiger partial charge in [-0.25, -0.2) is 13.4 Å². The molecule has 2 N–H and O–H groups in total. The summed E-state index contributed by atoms with van der Waals surface area (Å²) in [7, 11) is -2.89. The molecular weight excluding hydrogens is 539 g/mol. The lowest BCUT2D eigenvalue weighted by molar-refractivity contribution is -0.137. The summed E-state index contributed by atoms with van der Waals surface area (Å²) in [6.45, 7) is 1.94. The highest BCUT2D eigenvalue weighted by molar-refractivity contribution is 7.92. The van der Waals surface area contributed by atoms with Crippen LogP contribution in [0, 0.1) is 0 Å². The van der Waals surface area contributed by atoms with E-state index in [1.807, 2.05) is 25.1 Å². The molecule has 1 aliphatic heterocycles. The van der Waals surface area contributed by atoms with Gasteiger partial charge in [-0.05, 0) is 55.5 Å². The quantitative estimate of drug-likeness (QED) is 0.317. The van der Waals surface area contributed by atoms with E-state index < -0.39 is 21.8 Å². The summed E-state index contributed by atoms with van der Waals surface area (Å²) < 4.78 is 72.2. The van der Waals surface area contributed by atoms with Crippen LogP contribution in [0.4, 0.5) is 23.9 Å². The molecule has 0 spiro atoms. The molecule has 196 valence electrons. The van der Waals surface area contributed by atoms with Gasteiger partial charge >= 0.3 is 6.18 Å². The number of ether oxygens (including phenoxy) is 1. The van der Waals surface area contributed by atoms with E-state index in [1.54, 1.807) is 24.7 Å². The van der Waals surface area contributed by atoms with E-state index in [2.05, 4.69) is 20.0 Å². The van der Waals surface area contributed by atoms with Crippen LogP contribution in [0.25, 0.3) is 10.4 Å². The van der Waals surface area contributed by atoms with Crippen molar-refractivity contribution in [2.45, 2.75) is 24.2 Å². The third-order valence-corrected chi connectivity index (χ3v) is 8.17. The maximum absolute atomic E-state index is 13.0. The molecule has 3 aromatic heterocycles. The van der Waals surface area contributed by atoms with Crippen molar-refractivity contribution in [3.63, 3.8) is 0 Å². The van der Waals surface area contributed by atoms with E-state index in [9.17, 15) is 21.6 Å². The first-order chi connectivity index (χ1) is 18.0. The number of halogens is 3. The number of hydrogen-bond donors (Lipinski definition) is 2. The van der Waals surface area contributed by atoms with E-state index in [-0.39, 0.29) is 22.6 Å². The summed E-state index contributed by atoms with van der Waals surface area (Å²) in [4.78, 5) is 13.5. The number of aliphatic imine (C=N–C) groups is 1. The Morgan fingerprint density at radius 3 is 2.42 bits per heavy atom. The van der Waals surface area contributed by atoms with Crippen molar-refractivity contribution in [3.8, 4) is 16.3 Å². The topological polar surface area (TPSA) is 106 Å². The minimum Gasteiger partial charge on any atom is -0.480 e. The SMILES string of the molecule is COc1ncc(-c2cc3c(s2)NC(C)N=C3c2ccncc2)cc1NS(=O)(=O)c1ccc(C(F)(F)F)cc1. The lowest BCUT2D eigenvalue weighted by atomic mass is 10.0. The Morgan fingerprint density at radius 1 is 1.05 bits per heavy atom. The van der Waals surface area contributed by atoms with Gasteiger partial charge in [-0.1, -0.05) is 0 Å². The number of nitrogens with one attached hydrogen (secondary N) is 2. The van der Waals surface area contributed by atoms with Gasteiger partial charge in [0.1, 0.15) is 16.9 Å². The number of fused-ring (bicyclic) bond motifs is 1. The van der Waals surface area contributed by atoms with Gasteiger partial charge in [0.2, 0.25) is 5.88 Å². The average Bonchev–Trinajstić information content (AvgIpc) is 3.32. The van der Waals surface area contributed by atoms with Crippen LogP contribution in [-0.2, 0) is 16.2 Å². The molecular formula is C25H20F3N5O3S2. The maximum atomic E-state index is 13.0. The van der Waals surface area contributed by atoms with Crippen molar-refractivity contribution in [3.05, 3.63) is 83.8 Å². The van der Waals surface area contributed by atoms with E-state index in [1.165, 1.54) is 18.4 Å². The number of pyridine rings is 2. The van der Waals surface area contributed by atoms with Gasteiger partial charge in [-0.15, -0.1) is 11.3 Å². The number of nitrogens with zero attached hydrogens (tertiary/aromatic N) is 3. The average molecular weight is 560 g/mol. The van der Waals surface area contributed by atoms with Crippen LogP contribution in [0.3, 0.4) is 0 Å². The summed E-state index contributed by atoms with van der Waals surface area (Å²) in [6.07, 6.45) is 0.210. The van der Waals surface area contributed by atoms with Crippen molar-refractivity contribution >= 4 is 37.8 Å². The number of aromatic nitrogens is 2. The van der Waals surface area contributed by atoms with Gasteiger partial charge in [0.05, 0.1) is 23.3 Å². The van der Waals surface area contributed by atoms with Crippen LogP contribution in [0.5, 0.6) is 5.88 Å². The summed E-state index contributed by atoms with van der Waals surface area (Å²) in [5.74, 6) is 0.0105. The molecule has 0 radical (unpaired) electrons. The molecule has 13 heteroatoms. The standard InChI is InChI=1S/C25H20F3N5O3S2/c1-14-31-22(15-7-9-29-10-8-15)19-12-21(37-24(19)32-14)16-11-20(23(36-2)30-13-16)33-38(34,35)18-5-3-17(4-6-18)25(26,27)28/h3-14,32-33H,1-2H3. The summed E-state index contributed by atoms with van der Waals surface area (Å²) in [5.41, 5.74) is 2.31. The molecule has 0 aliphatic carbocycles. The predicted molar refractivity (Wildman–Crippen MR) is 139 cm³/mol. The molecule has 0 saturated carbocycles. The largest absolute Gasteiger partial charge is 0.480 e. The number of methoxy groups -OCH3 is 1. The van der Waals surface area contributed by atoms with Gasteiger partial charge in [0.25, 0.3) is 10.0 Å². The highest BCUT2D eigenvalue weighted by atomic mass is 32.2. The van der Waals surface area contributed by atoms with Crippen LogP contribution in [0.2, 0.25) is 0 Å². The maximum Gasteiger partial charge on any atom is 0.416 e. The molecule has 38 heavy (non-hydrogen) atoms. The fourth-order valence-corrected chi connectivity index (χ4v) is 6.06. The van der Waals surface area contributed by atoms with E-state index in [4.69, 9.17) is 9.73 Å². The molecule has 4 heterocycles. The third-order valence-electron chi connectivity index (χ3n) is 5.67. The normalized spacial score (nSPS) is 15.3. The summed E-state index contributed by atoms with van der Waals surface area (Å²) in [6, 6.07) is 10.5. The van der Waals surface area contributed by atoms with Crippen molar-refractivity contribution < 1.29 is 26.3 Å². The first-order valence-electron chi connectivity index (χ1n) is 11.2. The van der Waals surface area contributed by atoms with Crippen LogP contribution in [0.1, 0.15) is 23.6 Å². The molecule has 0 bridgehead atoms. The number of thiophene rings is 1. The fraction of sp³-hybridized carbons (Fsp3) is 0.160. The first-order valence-corrected chi connectivity index (χ1v) is 13.5. The predicted octanol–water partition coefficient (Wildman–Crippen LogP) is 5.64. The molecule has 1 aliphatic rings. The molecule has 4 aromatic rings. The second-order valence-electron chi connectivity index (χ2n) is 8.30. The second kappa shape index (κ2) is 9.72. The number of sulfonamides is 1. The number of alkyl halides is 3. The second-order valence-corrected chi connectivity index (χ2v) is 11.0. The summed E-state index contributed by atoms with van der Waals surface area (Å²) in [5, 5.41) is 4.24. The number of benzene rings is 1. The lowest BCUT2D eigenvalue weighted by Gasteiger charge is -2.20. The monoisotopic (exact) mass is 559 g/mol. The van der Waals surface area contributed by atoms with Gasteiger partial charge in [-0.2, -0.15) is 13.2 Å². The lowest BCUT2D eigenvalue weighted by Crippen LogP contribution is -2.22. The smallest absolute Gasteiger partial charge is 0.416 e. The Kier molecular flexibility index (Phi) is 6.57. The zero-order valence-corrected chi connectivity index (χ0v) is 21.6. The third kappa shape index (κ3) is 5.07. The van der Waals surface area contributed by atoms with E-state index >= 15 is 0 Å². The minimum atomic E-state index is -4.58. The van der Waals surface area contributed by atoms with E-state index in [0.29, 0.717) is 17.7 Å². The zero-order chi connectivity index (χ0) is 27.1. The highest BCUT2D eigenvalue weighted by Gasteiger charge is 2.31. The van der Waals surface area contributed by atoms with Crippen LogP contribution < -0.4 is 14.8 Å². The van der Waals surface area contributed by atoms with Crippen molar-refractivity contribution in [1.82, 2.24) is 9.97 Å². The molecule has 1 unspecified atom stereocenters. The molecule has 0 amide bonds. The molecule has 0 fully saturated rings. The zero-order valence-electron chi connectivity index (χ0n) is 19.9. The van der Waals surface area contributed by atoms with E-state index in [0.717, 1.165) is 38.8 Å². The highest BCUT2D eigenvalue weighted by Crippen LogP contribution is 2.41. The van der Waals surface area contributed by atoms with Gasteiger partial charge in [0.15, 0.2) is 0 Å². The fourth-order valence-electron chi connectivity index (χ4n) is 3.89. The Labute approximate surface area is 220 Å². The van der Waals surface area contributed by atoms with Crippen molar-refractivity contribution in [1.29, 1.82) is 0 Å². The molecule has 1 aromatic carbocycles. The Morgan fingerprint density at radius 2 is 1.76 bits per heavy atom. The van der Waals surface area contributed by atoms with Crippen molar-refractivity contribution in [2.75, 3.05) is 17.1 Å². The van der Waals surface area contributed by atoms with Crippen molar-refractivity contribution in [2.24, 2.45) is 4.99 Å². The number of rotatable bonds is 6. The van der Waals surface area contributed by atoms with Gasteiger partial charge < -0.3 is 10.1 Å².